The van der Waals surface area contributed by atoms with E-state index in [4.69, 9.17) is 0 Å². The number of halogens is 1. The first kappa shape index (κ1) is 18.8. The molecule has 24 heavy (non-hydrogen) atoms. The van der Waals surface area contributed by atoms with E-state index in [0.29, 0.717) is 18.2 Å². The summed E-state index contributed by atoms with van der Waals surface area (Å²) in [5.74, 6) is 0.592. The van der Waals surface area contributed by atoms with Gasteiger partial charge >= 0.3 is 0 Å². The molecule has 0 saturated heterocycles. The summed E-state index contributed by atoms with van der Waals surface area (Å²) in [7, 11) is 2.02. The predicted molar refractivity (Wildman–Crippen MR) is 102 cm³/mol. The van der Waals surface area contributed by atoms with Gasteiger partial charge in [-0.05, 0) is 36.5 Å². The molecule has 0 unspecified atom stereocenters. The fourth-order valence-electron chi connectivity index (χ4n) is 3.33. The van der Waals surface area contributed by atoms with Gasteiger partial charge in [0.1, 0.15) is 0 Å². The second-order valence-electron chi connectivity index (χ2n) is 6.53. The Hall–Kier alpha value is -1.53. The van der Waals surface area contributed by atoms with Gasteiger partial charge in [-0.2, -0.15) is 0 Å². The summed E-state index contributed by atoms with van der Waals surface area (Å²) in [5, 5.41) is 0. The van der Waals surface area contributed by atoms with Gasteiger partial charge in [-0.25, -0.2) is 5.43 Å². The van der Waals surface area contributed by atoms with E-state index in [0.717, 1.165) is 6.67 Å². The molecule has 1 amide bonds. The lowest BCUT2D eigenvalue weighted by Gasteiger charge is -2.22. The zero-order chi connectivity index (χ0) is 16.1. The van der Waals surface area contributed by atoms with E-state index in [1.54, 1.807) is 0 Å². The molecule has 1 aromatic carbocycles. The van der Waals surface area contributed by atoms with Crippen molar-refractivity contribution in [1.29, 1.82) is 0 Å². The Morgan fingerprint density at radius 1 is 1.12 bits per heavy atom. The molecule has 0 radical (unpaired) electrons. The molecule has 5 nitrogen and oxygen atoms in total. The van der Waals surface area contributed by atoms with Crippen molar-refractivity contribution >= 4 is 22.9 Å². The third kappa shape index (κ3) is 4.98. The van der Waals surface area contributed by atoms with Crippen molar-refractivity contribution in [3.05, 3.63) is 47.8 Å². The van der Waals surface area contributed by atoms with Crippen molar-refractivity contribution in [2.45, 2.75) is 38.0 Å². The fourth-order valence-corrected chi connectivity index (χ4v) is 3.33. The van der Waals surface area contributed by atoms with Crippen molar-refractivity contribution < 1.29 is 4.79 Å². The molecule has 0 spiro atoms. The highest BCUT2D eigenvalue weighted by molar-refractivity contribution is 8.93. The van der Waals surface area contributed by atoms with Crippen LogP contribution in [0.25, 0.3) is 0 Å². The molecule has 3 rings (SSSR count). The first-order valence-corrected chi connectivity index (χ1v) is 8.48. The normalized spacial score (nSPS) is 17.7. The number of hydrogen-bond donors (Lipinski definition) is 2. The Bertz CT molecular complexity index is 555. The molecule has 1 heterocycles. The molecule has 1 fully saturated rings. The van der Waals surface area contributed by atoms with Crippen LogP contribution in [0.2, 0.25) is 0 Å². The van der Waals surface area contributed by atoms with Crippen LogP contribution in [-0.4, -0.2) is 36.1 Å². The second kappa shape index (κ2) is 9.08. The molecule has 1 aliphatic heterocycles. The van der Waals surface area contributed by atoms with Gasteiger partial charge in [0.15, 0.2) is 0 Å². The second-order valence-corrected chi connectivity index (χ2v) is 6.53. The van der Waals surface area contributed by atoms with Crippen LogP contribution in [0.15, 0.2) is 36.7 Å². The van der Waals surface area contributed by atoms with Gasteiger partial charge in [0, 0.05) is 25.0 Å². The van der Waals surface area contributed by atoms with E-state index in [1.165, 1.54) is 37.7 Å². The number of amides is 1. The van der Waals surface area contributed by atoms with Crippen molar-refractivity contribution in [2.75, 3.05) is 20.4 Å². The molecule has 1 aromatic rings. The van der Waals surface area contributed by atoms with E-state index in [-0.39, 0.29) is 22.9 Å². The highest BCUT2D eigenvalue weighted by atomic mass is 79.9. The Labute approximate surface area is 154 Å². The van der Waals surface area contributed by atoms with E-state index in [9.17, 15) is 4.79 Å². The summed E-state index contributed by atoms with van der Waals surface area (Å²) in [6, 6.07) is 8.10. The third-order valence-corrected chi connectivity index (χ3v) is 4.67. The highest BCUT2D eigenvalue weighted by Crippen LogP contribution is 2.32. The maximum atomic E-state index is 12.1. The molecule has 132 valence electrons. The monoisotopic (exact) mass is 394 g/mol. The number of carbonyl (C=O) groups is 1. The molecular weight excluding hydrogens is 368 g/mol. The average molecular weight is 395 g/mol. The smallest absolute Gasteiger partial charge is 0.265 e. The molecule has 6 heteroatoms. The van der Waals surface area contributed by atoms with Crippen LogP contribution in [0, 0.1) is 0 Å². The summed E-state index contributed by atoms with van der Waals surface area (Å²) in [4.78, 5) is 16.3. The fraction of sp³-hybridized carbons (Fsp3) is 0.500. The van der Waals surface area contributed by atoms with Gasteiger partial charge in [-0.1, -0.05) is 31.4 Å². The number of carbonyl (C=O) groups excluding carboxylic acids is 1. The molecule has 2 N–H and O–H groups in total. The minimum Gasteiger partial charge on any atom is -0.362 e. The van der Waals surface area contributed by atoms with Crippen LogP contribution >= 0.6 is 17.0 Å². The topological polar surface area (TPSA) is 47.6 Å². The summed E-state index contributed by atoms with van der Waals surface area (Å²) >= 11 is 0. The zero-order valence-electron chi connectivity index (χ0n) is 14.2. The van der Waals surface area contributed by atoms with Gasteiger partial charge in [0.25, 0.3) is 5.91 Å². The number of hydrazine groups is 1. The van der Waals surface area contributed by atoms with Gasteiger partial charge in [0.2, 0.25) is 0 Å². The quantitative estimate of drug-likeness (QED) is 0.752. The lowest BCUT2D eigenvalue weighted by molar-refractivity contribution is 0.0922. The first-order chi connectivity index (χ1) is 11.2. The highest BCUT2D eigenvalue weighted by Gasteiger charge is 2.16. The van der Waals surface area contributed by atoms with E-state index >= 15 is 0 Å². The van der Waals surface area contributed by atoms with Crippen LogP contribution in [-0.2, 0) is 0 Å². The van der Waals surface area contributed by atoms with Crippen molar-refractivity contribution in [1.82, 2.24) is 20.7 Å². The predicted octanol–water partition coefficient (Wildman–Crippen LogP) is 3.18. The zero-order valence-corrected chi connectivity index (χ0v) is 15.9. The summed E-state index contributed by atoms with van der Waals surface area (Å²) in [5.41, 5.74) is 7.80. The number of hydrogen-bond acceptors (Lipinski definition) is 4. The Kier molecular flexibility index (Phi) is 7.12. The van der Waals surface area contributed by atoms with E-state index in [2.05, 4.69) is 32.8 Å². The SMILES string of the molecule is Br.CN1C=CN(CNNC(=O)c2ccc(C3CCCCC3)cc2)C1. The van der Waals surface area contributed by atoms with Crippen LogP contribution < -0.4 is 10.9 Å². The van der Waals surface area contributed by atoms with Crippen molar-refractivity contribution in [3.63, 3.8) is 0 Å². The van der Waals surface area contributed by atoms with Crippen LogP contribution in [0.3, 0.4) is 0 Å². The maximum Gasteiger partial charge on any atom is 0.265 e. The number of nitrogens with zero attached hydrogens (tertiary/aromatic N) is 2. The summed E-state index contributed by atoms with van der Waals surface area (Å²) < 4.78 is 0. The van der Waals surface area contributed by atoms with Gasteiger partial charge < -0.3 is 9.80 Å². The Balaban J connectivity index is 0.00000208. The van der Waals surface area contributed by atoms with Crippen LogP contribution in [0.5, 0.6) is 0 Å². The molecule has 0 bridgehead atoms. The molecule has 0 aromatic heterocycles. The summed E-state index contributed by atoms with van der Waals surface area (Å²) in [6.07, 6.45) is 10.6. The minimum atomic E-state index is -0.0864. The largest absolute Gasteiger partial charge is 0.362 e. The molecule has 2 aliphatic rings. The van der Waals surface area contributed by atoms with Crippen molar-refractivity contribution in [3.8, 4) is 0 Å². The lowest BCUT2D eigenvalue weighted by Crippen LogP contribution is -2.43. The summed E-state index contributed by atoms with van der Waals surface area (Å²) in [6.45, 7) is 1.42. The molecule has 0 atom stereocenters. The third-order valence-electron chi connectivity index (χ3n) is 4.67. The molecule has 1 saturated carbocycles. The van der Waals surface area contributed by atoms with E-state index in [1.807, 2.05) is 31.6 Å². The van der Waals surface area contributed by atoms with Gasteiger partial charge in [-0.15, -0.1) is 17.0 Å². The molecule has 1 aliphatic carbocycles. The van der Waals surface area contributed by atoms with E-state index < -0.39 is 0 Å². The average Bonchev–Trinajstić information content (AvgIpc) is 3.01. The number of benzene rings is 1. The first-order valence-electron chi connectivity index (χ1n) is 8.48. The number of nitrogens with one attached hydrogen (secondary N) is 2. The van der Waals surface area contributed by atoms with Crippen molar-refractivity contribution in [2.24, 2.45) is 0 Å². The maximum absolute atomic E-state index is 12.1. The van der Waals surface area contributed by atoms with Crippen LogP contribution in [0.4, 0.5) is 0 Å². The van der Waals surface area contributed by atoms with Crippen LogP contribution in [0.1, 0.15) is 53.9 Å². The Morgan fingerprint density at radius 3 is 2.46 bits per heavy atom. The minimum absolute atomic E-state index is 0. The standard InChI is InChI=1S/C18H26N4O.BrH/c1-21-11-12-22(14-21)13-19-20-18(23)17-9-7-16(8-10-17)15-5-3-2-4-6-15;/h7-12,15,19H,2-6,13-14H2,1H3,(H,20,23);1H. The number of rotatable bonds is 5. The molecular formula is C18H27BrN4O. The van der Waals surface area contributed by atoms with Gasteiger partial charge in [0.05, 0.1) is 13.3 Å². The lowest BCUT2D eigenvalue weighted by atomic mass is 9.84. The Morgan fingerprint density at radius 2 is 1.83 bits per heavy atom. The van der Waals surface area contributed by atoms with Gasteiger partial charge in [-0.3, -0.25) is 10.2 Å².